The van der Waals surface area contributed by atoms with Crippen LogP contribution in [-0.4, -0.2) is 16.2 Å². The van der Waals surface area contributed by atoms with Gasteiger partial charge in [-0.1, -0.05) is 26.0 Å². The molecule has 3 nitrogen and oxygen atoms in total. The monoisotopic (exact) mass is 314 g/mol. The Morgan fingerprint density at radius 2 is 1.59 bits per heavy atom. The molecule has 4 heteroatoms. The maximum Gasteiger partial charge on any atom is 0.335 e. The number of carboxylic acid groups (broad SMARTS) is 1. The van der Waals surface area contributed by atoms with Crippen molar-refractivity contribution in [2.75, 3.05) is 0 Å². The highest BCUT2D eigenvalue weighted by Crippen LogP contribution is 2.26. The van der Waals surface area contributed by atoms with Crippen LogP contribution in [0.25, 0.3) is 0 Å². The Kier molecular flexibility index (Phi) is 5.03. The molecule has 0 atom stereocenters. The lowest BCUT2D eigenvalue weighted by molar-refractivity contribution is 0.0696. The molecule has 0 aliphatic heterocycles. The number of carboxylic acids is 1. The zero-order valence-electron chi connectivity index (χ0n) is 12.8. The minimum Gasteiger partial charge on any atom is -0.478 e. The van der Waals surface area contributed by atoms with E-state index in [2.05, 4.69) is 13.8 Å². The van der Waals surface area contributed by atoms with Gasteiger partial charge in [0.2, 0.25) is 5.12 Å². The second kappa shape index (κ2) is 6.79. The zero-order valence-corrected chi connectivity index (χ0v) is 13.6. The molecule has 0 aliphatic rings. The quantitative estimate of drug-likeness (QED) is 0.827. The summed E-state index contributed by atoms with van der Waals surface area (Å²) in [5.74, 6) is -0.601. The number of hydrogen-bond donors (Lipinski definition) is 1. The van der Waals surface area contributed by atoms with E-state index in [1.165, 1.54) is 23.3 Å². The van der Waals surface area contributed by atoms with E-state index in [4.69, 9.17) is 5.11 Å². The van der Waals surface area contributed by atoms with Crippen LogP contribution in [0.4, 0.5) is 0 Å². The molecule has 2 rings (SSSR count). The molecule has 114 valence electrons. The van der Waals surface area contributed by atoms with Crippen molar-refractivity contribution >= 4 is 22.8 Å². The van der Waals surface area contributed by atoms with Crippen LogP contribution in [0.1, 0.15) is 51.6 Å². The van der Waals surface area contributed by atoms with Gasteiger partial charge in [0.05, 0.1) is 5.56 Å². The Morgan fingerprint density at radius 3 is 2.14 bits per heavy atom. The minimum absolute atomic E-state index is 0.0371. The van der Waals surface area contributed by atoms with E-state index in [0.717, 1.165) is 16.7 Å². The van der Waals surface area contributed by atoms with Crippen LogP contribution in [0.3, 0.4) is 0 Å². The number of carbonyl (C=O) groups is 2. The lowest BCUT2D eigenvalue weighted by Gasteiger charge is -2.11. The summed E-state index contributed by atoms with van der Waals surface area (Å²) in [7, 11) is 0. The molecule has 1 N–H and O–H groups in total. The first kappa shape index (κ1) is 16.3. The molecule has 22 heavy (non-hydrogen) atoms. The Balaban J connectivity index is 2.18. The van der Waals surface area contributed by atoms with Crippen molar-refractivity contribution in [1.82, 2.24) is 0 Å². The summed E-state index contributed by atoms with van der Waals surface area (Å²) in [6.45, 7) is 6.25. The Morgan fingerprint density at radius 1 is 1.00 bits per heavy atom. The van der Waals surface area contributed by atoms with Gasteiger partial charge in [0, 0.05) is 10.5 Å². The first-order valence-electron chi connectivity index (χ1n) is 7.04. The van der Waals surface area contributed by atoms with Crippen LogP contribution in [0.5, 0.6) is 0 Å². The molecule has 0 saturated heterocycles. The van der Waals surface area contributed by atoms with Crippen LogP contribution in [0.2, 0.25) is 0 Å². The van der Waals surface area contributed by atoms with Gasteiger partial charge in [-0.25, -0.2) is 4.79 Å². The van der Waals surface area contributed by atoms with Crippen LogP contribution in [-0.2, 0) is 0 Å². The van der Waals surface area contributed by atoms with Gasteiger partial charge in [-0.15, -0.1) is 0 Å². The first-order valence-corrected chi connectivity index (χ1v) is 7.86. The molecular weight excluding hydrogens is 296 g/mol. The fourth-order valence-corrected chi connectivity index (χ4v) is 2.95. The summed E-state index contributed by atoms with van der Waals surface area (Å²) in [4.78, 5) is 23.9. The predicted molar refractivity (Wildman–Crippen MR) is 88.9 cm³/mol. The summed E-state index contributed by atoms with van der Waals surface area (Å²) in [5, 5.41) is 8.83. The highest BCUT2D eigenvalue weighted by Gasteiger charge is 2.12. The molecule has 0 fully saturated rings. The van der Waals surface area contributed by atoms with Crippen molar-refractivity contribution in [3.8, 4) is 0 Å². The standard InChI is InChI=1S/C18H18O3S/c1-11(2)16-10-14(5-4-12(16)3)18(21)22-15-8-6-13(7-9-15)17(19)20/h4-11H,1-3H3,(H,19,20). The van der Waals surface area contributed by atoms with Gasteiger partial charge in [0.25, 0.3) is 0 Å². The topological polar surface area (TPSA) is 54.4 Å². The summed E-state index contributed by atoms with van der Waals surface area (Å²) in [6.07, 6.45) is 0. The van der Waals surface area contributed by atoms with Crippen molar-refractivity contribution < 1.29 is 14.7 Å². The zero-order chi connectivity index (χ0) is 16.3. The van der Waals surface area contributed by atoms with Gasteiger partial charge < -0.3 is 5.11 Å². The second-order valence-electron chi connectivity index (χ2n) is 5.45. The van der Waals surface area contributed by atoms with Crippen molar-refractivity contribution in [3.05, 3.63) is 64.7 Å². The summed E-state index contributed by atoms with van der Waals surface area (Å²) < 4.78 is 0. The Hall–Kier alpha value is -2.07. The smallest absolute Gasteiger partial charge is 0.335 e. The third kappa shape index (κ3) is 3.77. The van der Waals surface area contributed by atoms with Gasteiger partial charge in [0.15, 0.2) is 0 Å². The van der Waals surface area contributed by atoms with Gasteiger partial charge in [-0.2, -0.15) is 0 Å². The molecule has 0 aromatic heterocycles. The Labute approximate surface area is 134 Å². The largest absolute Gasteiger partial charge is 0.478 e. The lowest BCUT2D eigenvalue weighted by Crippen LogP contribution is -1.99. The maximum absolute atomic E-state index is 12.4. The fraction of sp³-hybridized carbons (Fsp3) is 0.222. The molecule has 0 aliphatic carbocycles. The third-order valence-electron chi connectivity index (χ3n) is 3.45. The average molecular weight is 314 g/mol. The number of carbonyl (C=O) groups excluding carboxylic acids is 1. The molecule has 2 aromatic rings. The van der Waals surface area contributed by atoms with E-state index in [-0.39, 0.29) is 10.7 Å². The number of benzene rings is 2. The highest BCUT2D eigenvalue weighted by molar-refractivity contribution is 8.14. The van der Waals surface area contributed by atoms with Crippen LogP contribution in [0.15, 0.2) is 47.4 Å². The normalized spacial score (nSPS) is 10.7. The van der Waals surface area contributed by atoms with E-state index < -0.39 is 5.97 Å². The van der Waals surface area contributed by atoms with E-state index >= 15 is 0 Å². The molecule has 0 amide bonds. The first-order chi connectivity index (χ1) is 10.4. The molecule has 0 saturated carbocycles. The summed E-state index contributed by atoms with van der Waals surface area (Å²) in [5.41, 5.74) is 3.24. The number of hydrogen-bond acceptors (Lipinski definition) is 3. The SMILES string of the molecule is Cc1ccc(C(=O)Sc2ccc(C(=O)O)cc2)cc1C(C)C. The molecule has 0 radical (unpaired) electrons. The number of thioether (sulfide) groups is 1. The van der Waals surface area contributed by atoms with Crippen molar-refractivity contribution in [1.29, 1.82) is 0 Å². The van der Waals surface area contributed by atoms with Gasteiger partial charge in [0.1, 0.15) is 0 Å². The van der Waals surface area contributed by atoms with Crippen molar-refractivity contribution in [2.45, 2.75) is 31.6 Å². The third-order valence-corrected chi connectivity index (χ3v) is 4.38. The van der Waals surface area contributed by atoms with E-state index in [1.807, 2.05) is 25.1 Å². The molecule has 0 heterocycles. The summed E-state index contributed by atoms with van der Waals surface area (Å²) in [6, 6.07) is 12.1. The molecule has 0 spiro atoms. The van der Waals surface area contributed by atoms with Crippen molar-refractivity contribution in [3.63, 3.8) is 0 Å². The predicted octanol–water partition coefficient (Wildman–Crippen LogP) is 4.75. The minimum atomic E-state index is -0.969. The second-order valence-corrected chi connectivity index (χ2v) is 6.49. The molecule has 2 aromatic carbocycles. The van der Waals surface area contributed by atoms with Gasteiger partial charge in [-0.05, 0) is 66.1 Å². The van der Waals surface area contributed by atoms with E-state index in [0.29, 0.717) is 11.5 Å². The fourth-order valence-electron chi connectivity index (χ4n) is 2.22. The number of aryl methyl sites for hydroxylation is 1. The average Bonchev–Trinajstić information content (AvgIpc) is 2.47. The van der Waals surface area contributed by atoms with E-state index in [9.17, 15) is 9.59 Å². The molecule has 0 unspecified atom stereocenters. The van der Waals surface area contributed by atoms with Crippen LogP contribution in [0, 0.1) is 6.92 Å². The maximum atomic E-state index is 12.4. The van der Waals surface area contributed by atoms with Crippen LogP contribution >= 0.6 is 11.8 Å². The highest BCUT2D eigenvalue weighted by atomic mass is 32.2. The van der Waals surface area contributed by atoms with E-state index in [1.54, 1.807) is 12.1 Å². The Bertz CT molecular complexity index is 703. The van der Waals surface area contributed by atoms with Gasteiger partial charge >= 0.3 is 5.97 Å². The summed E-state index contributed by atoms with van der Waals surface area (Å²) >= 11 is 1.11. The lowest BCUT2D eigenvalue weighted by atomic mass is 9.96. The molecular formula is C18H18O3S. The molecule has 0 bridgehead atoms. The number of rotatable bonds is 4. The van der Waals surface area contributed by atoms with Crippen molar-refractivity contribution in [2.24, 2.45) is 0 Å². The number of aromatic carboxylic acids is 1. The van der Waals surface area contributed by atoms with Gasteiger partial charge in [-0.3, -0.25) is 4.79 Å². The van der Waals surface area contributed by atoms with Crippen LogP contribution < -0.4 is 0 Å².